The molecule has 6 nitrogen and oxygen atoms in total. The molecule has 0 amide bonds. The summed E-state index contributed by atoms with van der Waals surface area (Å²) in [4.78, 5) is 4.33. The van der Waals surface area contributed by atoms with Gasteiger partial charge in [-0.1, -0.05) is 5.16 Å². The Morgan fingerprint density at radius 1 is 1.35 bits per heavy atom. The van der Waals surface area contributed by atoms with Crippen molar-refractivity contribution in [3.8, 4) is 23.0 Å². The summed E-state index contributed by atoms with van der Waals surface area (Å²) in [5.74, 6) is 1.93. The topological polar surface area (TPSA) is 77.6 Å². The van der Waals surface area contributed by atoms with Gasteiger partial charge in [-0.2, -0.15) is 4.98 Å². The Morgan fingerprint density at radius 2 is 2.15 bits per heavy atom. The fourth-order valence-corrected chi connectivity index (χ4v) is 2.18. The zero-order chi connectivity index (χ0) is 14.1. The first-order valence-corrected chi connectivity index (χ1v) is 6.46. The zero-order valence-electron chi connectivity index (χ0n) is 11.4. The zero-order valence-corrected chi connectivity index (χ0v) is 11.4. The Labute approximate surface area is 116 Å². The maximum absolute atomic E-state index is 9.90. The largest absolute Gasteiger partial charge is 0.507 e. The fraction of sp³-hybridized carbons (Fsp3) is 0.429. The van der Waals surface area contributed by atoms with Crippen molar-refractivity contribution < 1.29 is 19.1 Å². The van der Waals surface area contributed by atoms with Crippen LogP contribution in [0.2, 0.25) is 0 Å². The summed E-state index contributed by atoms with van der Waals surface area (Å²) in [7, 11) is 3.20. The van der Waals surface area contributed by atoms with Crippen LogP contribution in [0.4, 0.5) is 0 Å². The predicted octanol–water partition coefficient (Wildman–Crippen LogP) is 2.55. The van der Waals surface area contributed by atoms with E-state index in [1.165, 1.54) is 6.07 Å². The van der Waals surface area contributed by atoms with Crippen LogP contribution in [-0.2, 0) is 4.74 Å². The number of methoxy groups -OCH3 is 2. The maximum atomic E-state index is 9.90. The molecular formula is C14H16N2O4. The van der Waals surface area contributed by atoms with Crippen molar-refractivity contribution in [1.82, 2.24) is 10.1 Å². The number of aromatic hydroxyl groups is 1. The molecular weight excluding hydrogens is 260 g/mol. The molecule has 106 valence electrons. The van der Waals surface area contributed by atoms with Crippen molar-refractivity contribution in [1.29, 1.82) is 0 Å². The maximum Gasteiger partial charge on any atom is 0.261 e. The third-order valence-electron chi connectivity index (χ3n) is 3.43. The standard InChI is InChI=1S/C14H16N2O4/c1-18-9-5-6-11(17)10(7-9)14-15-13(16-20-14)12(19-2)8-3-4-8/h5-8,12,17H,3-4H2,1-2H3. The lowest BCUT2D eigenvalue weighted by atomic mass is 10.2. The molecule has 1 saturated carbocycles. The summed E-state index contributed by atoms with van der Waals surface area (Å²) < 4.78 is 15.8. The molecule has 1 aliphatic rings. The molecule has 0 saturated heterocycles. The normalized spacial score (nSPS) is 16.1. The summed E-state index contributed by atoms with van der Waals surface area (Å²) in [6.07, 6.45) is 2.10. The molecule has 1 unspecified atom stereocenters. The minimum Gasteiger partial charge on any atom is -0.507 e. The molecule has 0 bridgehead atoms. The SMILES string of the molecule is COc1ccc(O)c(-c2nc(C(OC)C3CC3)no2)c1. The van der Waals surface area contributed by atoms with Crippen LogP contribution >= 0.6 is 0 Å². The lowest BCUT2D eigenvalue weighted by molar-refractivity contribution is 0.0751. The molecule has 1 atom stereocenters. The van der Waals surface area contributed by atoms with Crippen LogP contribution in [0.25, 0.3) is 11.5 Å². The number of benzene rings is 1. The Balaban J connectivity index is 1.93. The number of hydrogen-bond donors (Lipinski definition) is 1. The van der Waals surface area contributed by atoms with E-state index in [-0.39, 0.29) is 17.7 Å². The molecule has 0 spiro atoms. The highest BCUT2D eigenvalue weighted by Gasteiger charge is 2.35. The van der Waals surface area contributed by atoms with Gasteiger partial charge >= 0.3 is 0 Å². The molecule has 6 heteroatoms. The quantitative estimate of drug-likeness (QED) is 0.904. The van der Waals surface area contributed by atoms with Gasteiger partial charge in [0.15, 0.2) is 0 Å². The van der Waals surface area contributed by atoms with Crippen LogP contribution in [0, 0.1) is 5.92 Å². The van der Waals surface area contributed by atoms with E-state index < -0.39 is 0 Å². The van der Waals surface area contributed by atoms with E-state index in [9.17, 15) is 5.11 Å². The average molecular weight is 276 g/mol. The summed E-state index contributed by atoms with van der Waals surface area (Å²) in [5.41, 5.74) is 0.453. The lowest BCUT2D eigenvalue weighted by Gasteiger charge is -2.08. The first kappa shape index (κ1) is 12.9. The number of hydrogen-bond acceptors (Lipinski definition) is 6. The molecule has 1 aromatic heterocycles. The van der Waals surface area contributed by atoms with Crippen molar-refractivity contribution in [2.45, 2.75) is 18.9 Å². The first-order chi connectivity index (χ1) is 9.72. The van der Waals surface area contributed by atoms with E-state index in [0.29, 0.717) is 23.1 Å². The van der Waals surface area contributed by atoms with Crippen LogP contribution in [0.3, 0.4) is 0 Å². The summed E-state index contributed by atoms with van der Waals surface area (Å²) >= 11 is 0. The smallest absolute Gasteiger partial charge is 0.261 e. The van der Waals surface area contributed by atoms with Crippen LogP contribution in [0.1, 0.15) is 24.8 Å². The number of phenols is 1. The van der Waals surface area contributed by atoms with E-state index in [4.69, 9.17) is 14.0 Å². The predicted molar refractivity (Wildman–Crippen MR) is 70.4 cm³/mol. The molecule has 1 N–H and O–H groups in total. The summed E-state index contributed by atoms with van der Waals surface area (Å²) in [6, 6.07) is 4.86. The fourth-order valence-electron chi connectivity index (χ4n) is 2.18. The lowest BCUT2D eigenvalue weighted by Crippen LogP contribution is -2.05. The summed E-state index contributed by atoms with van der Waals surface area (Å²) in [6.45, 7) is 0. The molecule has 1 aromatic carbocycles. The molecule has 2 aromatic rings. The Kier molecular flexibility index (Phi) is 3.31. The van der Waals surface area contributed by atoms with E-state index in [1.54, 1.807) is 26.4 Å². The van der Waals surface area contributed by atoms with Crippen molar-refractivity contribution in [2.75, 3.05) is 14.2 Å². The van der Waals surface area contributed by atoms with Gasteiger partial charge in [0.1, 0.15) is 17.6 Å². The van der Waals surface area contributed by atoms with Crippen LogP contribution in [0.15, 0.2) is 22.7 Å². The number of ether oxygens (including phenoxy) is 2. The monoisotopic (exact) mass is 276 g/mol. The second-order valence-electron chi connectivity index (χ2n) is 4.83. The first-order valence-electron chi connectivity index (χ1n) is 6.46. The molecule has 0 aliphatic heterocycles. The highest BCUT2D eigenvalue weighted by atomic mass is 16.5. The van der Waals surface area contributed by atoms with Gasteiger partial charge in [-0.3, -0.25) is 0 Å². The van der Waals surface area contributed by atoms with E-state index in [1.807, 2.05) is 0 Å². The number of nitrogens with zero attached hydrogens (tertiary/aromatic N) is 2. The van der Waals surface area contributed by atoms with E-state index in [0.717, 1.165) is 12.8 Å². The average Bonchev–Trinajstić information content (AvgIpc) is 3.18. The second kappa shape index (κ2) is 5.13. The number of aromatic nitrogens is 2. The second-order valence-corrected chi connectivity index (χ2v) is 4.83. The highest BCUT2D eigenvalue weighted by molar-refractivity contribution is 5.64. The third-order valence-corrected chi connectivity index (χ3v) is 3.43. The Morgan fingerprint density at radius 3 is 2.80 bits per heavy atom. The van der Waals surface area contributed by atoms with Gasteiger partial charge in [0.05, 0.1) is 12.7 Å². The van der Waals surface area contributed by atoms with Gasteiger partial charge in [-0.05, 0) is 37.0 Å². The van der Waals surface area contributed by atoms with E-state index in [2.05, 4.69) is 10.1 Å². The van der Waals surface area contributed by atoms with Crippen LogP contribution in [-0.4, -0.2) is 29.5 Å². The van der Waals surface area contributed by atoms with Gasteiger partial charge in [0.2, 0.25) is 5.82 Å². The van der Waals surface area contributed by atoms with Crippen LogP contribution in [0.5, 0.6) is 11.5 Å². The summed E-state index contributed by atoms with van der Waals surface area (Å²) in [5, 5.41) is 13.9. The highest BCUT2D eigenvalue weighted by Crippen LogP contribution is 2.42. The Hall–Kier alpha value is -2.08. The third kappa shape index (κ3) is 2.34. The molecule has 20 heavy (non-hydrogen) atoms. The van der Waals surface area contributed by atoms with Crippen molar-refractivity contribution in [2.24, 2.45) is 5.92 Å². The molecule has 0 radical (unpaired) electrons. The van der Waals surface area contributed by atoms with Gasteiger partial charge < -0.3 is 19.1 Å². The van der Waals surface area contributed by atoms with Gasteiger partial charge in [-0.15, -0.1) is 0 Å². The minimum absolute atomic E-state index is 0.0707. The van der Waals surface area contributed by atoms with Crippen molar-refractivity contribution in [3.63, 3.8) is 0 Å². The molecule has 1 fully saturated rings. The number of phenolic OH excluding ortho intramolecular Hbond substituents is 1. The minimum atomic E-state index is -0.139. The van der Waals surface area contributed by atoms with Crippen LogP contribution < -0.4 is 4.74 Å². The molecule has 3 rings (SSSR count). The number of rotatable bonds is 5. The van der Waals surface area contributed by atoms with Gasteiger partial charge in [0.25, 0.3) is 5.89 Å². The van der Waals surface area contributed by atoms with Gasteiger partial charge in [-0.25, -0.2) is 0 Å². The Bertz CT molecular complexity index is 607. The van der Waals surface area contributed by atoms with E-state index >= 15 is 0 Å². The molecule has 1 aliphatic carbocycles. The van der Waals surface area contributed by atoms with Crippen molar-refractivity contribution >= 4 is 0 Å². The van der Waals surface area contributed by atoms with Gasteiger partial charge in [0, 0.05) is 7.11 Å². The molecule has 1 heterocycles. The van der Waals surface area contributed by atoms with Crippen molar-refractivity contribution in [3.05, 3.63) is 24.0 Å².